The molecule has 0 aromatic carbocycles. The molecule has 0 aliphatic rings. The van der Waals surface area contributed by atoms with Crippen molar-refractivity contribution < 1.29 is 0 Å². The van der Waals surface area contributed by atoms with Gasteiger partial charge in [0.25, 0.3) is 0 Å². The summed E-state index contributed by atoms with van der Waals surface area (Å²) in [6, 6.07) is 0. The number of aryl methyl sites for hydroxylation is 1. The van der Waals surface area contributed by atoms with Crippen LogP contribution in [0.1, 0.15) is 44.6 Å². The summed E-state index contributed by atoms with van der Waals surface area (Å²) in [5, 5.41) is 11.3. The topological polar surface area (TPSA) is 67.3 Å². The molecular weight excluding hydrogens is 222 g/mol. The monoisotopic (exact) mass is 237 g/mol. The number of aromatic amines is 1. The number of hydrogen-bond donors (Lipinski definition) is 1. The highest BCUT2D eigenvalue weighted by Crippen LogP contribution is 2.24. The van der Waals surface area contributed by atoms with E-state index in [9.17, 15) is 0 Å². The van der Waals surface area contributed by atoms with Crippen LogP contribution in [-0.2, 0) is 6.42 Å². The second-order valence-electron chi connectivity index (χ2n) is 4.00. The Labute approximate surface area is 98.5 Å². The van der Waals surface area contributed by atoms with Crippen molar-refractivity contribution in [3.8, 4) is 10.7 Å². The standard InChI is InChI=1S/C10H15N5S/c1-4-5-7-8(16-15-12-7)10-11-9(6(2)3)13-14-10/h6H,4-5H2,1-3H3,(H,11,13,14). The maximum Gasteiger partial charge on any atom is 0.194 e. The molecule has 1 N–H and O–H groups in total. The molecule has 2 aromatic rings. The first kappa shape index (κ1) is 11.2. The Kier molecular flexibility index (Phi) is 3.28. The summed E-state index contributed by atoms with van der Waals surface area (Å²) < 4.78 is 3.97. The van der Waals surface area contributed by atoms with Crippen molar-refractivity contribution in [2.24, 2.45) is 0 Å². The van der Waals surface area contributed by atoms with Crippen LogP contribution in [0.4, 0.5) is 0 Å². The Morgan fingerprint density at radius 3 is 2.81 bits per heavy atom. The fourth-order valence-electron chi connectivity index (χ4n) is 1.41. The number of aromatic nitrogens is 5. The van der Waals surface area contributed by atoms with Crippen LogP contribution in [0.15, 0.2) is 0 Å². The number of H-pyrrole nitrogens is 1. The third kappa shape index (κ3) is 2.11. The van der Waals surface area contributed by atoms with Crippen LogP contribution in [0.2, 0.25) is 0 Å². The van der Waals surface area contributed by atoms with Crippen LogP contribution < -0.4 is 0 Å². The van der Waals surface area contributed by atoms with Gasteiger partial charge in [-0.05, 0) is 18.0 Å². The molecule has 0 unspecified atom stereocenters. The molecule has 0 bridgehead atoms. The summed E-state index contributed by atoms with van der Waals surface area (Å²) in [7, 11) is 0. The van der Waals surface area contributed by atoms with Crippen molar-refractivity contribution in [2.75, 3.05) is 0 Å². The summed E-state index contributed by atoms with van der Waals surface area (Å²) in [6.45, 7) is 6.30. The number of nitrogens with one attached hydrogen (secondary N) is 1. The fraction of sp³-hybridized carbons (Fsp3) is 0.600. The van der Waals surface area contributed by atoms with E-state index in [0.29, 0.717) is 5.92 Å². The Morgan fingerprint density at radius 1 is 1.38 bits per heavy atom. The third-order valence-electron chi connectivity index (χ3n) is 2.30. The highest BCUT2D eigenvalue weighted by molar-refractivity contribution is 7.09. The fourth-order valence-corrected chi connectivity index (χ4v) is 2.06. The maximum absolute atomic E-state index is 4.46. The first-order chi connectivity index (χ1) is 7.72. The van der Waals surface area contributed by atoms with Gasteiger partial charge in [-0.2, -0.15) is 5.10 Å². The van der Waals surface area contributed by atoms with Gasteiger partial charge in [0.05, 0.1) is 5.69 Å². The first-order valence-corrected chi connectivity index (χ1v) is 6.23. The van der Waals surface area contributed by atoms with Crippen LogP contribution in [0.5, 0.6) is 0 Å². The van der Waals surface area contributed by atoms with Crippen molar-refractivity contribution in [2.45, 2.75) is 39.5 Å². The van der Waals surface area contributed by atoms with Crippen molar-refractivity contribution >= 4 is 11.5 Å². The maximum atomic E-state index is 4.46. The van der Waals surface area contributed by atoms with E-state index in [1.54, 1.807) is 0 Å². The molecule has 0 spiro atoms. The Balaban J connectivity index is 2.31. The molecule has 0 amide bonds. The lowest BCUT2D eigenvalue weighted by molar-refractivity contribution is 0.781. The summed E-state index contributed by atoms with van der Waals surface area (Å²) in [5.74, 6) is 1.99. The van der Waals surface area contributed by atoms with E-state index in [1.165, 1.54) is 11.5 Å². The predicted octanol–water partition coefficient (Wildman–Crippen LogP) is 2.40. The Hall–Kier alpha value is -1.30. The third-order valence-corrected chi connectivity index (χ3v) is 3.06. The van der Waals surface area contributed by atoms with E-state index in [2.05, 4.69) is 45.5 Å². The average Bonchev–Trinajstić information content (AvgIpc) is 2.84. The van der Waals surface area contributed by atoms with Crippen molar-refractivity contribution in [1.29, 1.82) is 0 Å². The van der Waals surface area contributed by atoms with Gasteiger partial charge >= 0.3 is 0 Å². The van der Waals surface area contributed by atoms with Crippen molar-refractivity contribution in [3.63, 3.8) is 0 Å². The van der Waals surface area contributed by atoms with Gasteiger partial charge in [-0.15, -0.1) is 5.10 Å². The summed E-state index contributed by atoms with van der Waals surface area (Å²) in [6.07, 6.45) is 1.98. The molecule has 16 heavy (non-hydrogen) atoms. The molecule has 86 valence electrons. The predicted molar refractivity (Wildman–Crippen MR) is 63.4 cm³/mol. The zero-order valence-electron chi connectivity index (χ0n) is 9.69. The normalized spacial score (nSPS) is 11.2. The van der Waals surface area contributed by atoms with Gasteiger partial charge in [0.15, 0.2) is 5.82 Å². The molecule has 0 aliphatic carbocycles. The largest absolute Gasteiger partial charge is 0.262 e. The highest BCUT2D eigenvalue weighted by atomic mass is 32.1. The molecule has 6 heteroatoms. The molecule has 0 saturated heterocycles. The Bertz CT molecular complexity index is 459. The minimum absolute atomic E-state index is 0.358. The highest BCUT2D eigenvalue weighted by Gasteiger charge is 2.15. The number of hydrogen-bond acceptors (Lipinski definition) is 5. The zero-order chi connectivity index (χ0) is 11.5. The first-order valence-electron chi connectivity index (χ1n) is 5.46. The molecule has 2 aromatic heterocycles. The average molecular weight is 237 g/mol. The van der Waals surface area contributed by atoms with Gasteiger partial charge < -0.3 is 0 Å². The minimum Gasteiger partial charge on any atom is -0.262 e. The second kappa shape index (κ2) is 4.69. The molecule has 0 saturated carbocycles. The number of rotatable bonds is 4. The van der Waals surface area contributed by atoms with Crippen LogP contribution in [-0.4, -0.2) is 24.8 Å². The van der Waals surface area contributed by atoms with Crippen molar-refractivity contribution in [1.82, 2.24) is 24.8 Å². The van der Waals surface area contributed by atoms with Crippen molar-refractivity contribution in [3.05, 3.63) is 11.5 Å². The van der Waals surface area contributed by atoms with E-state index in [-0.39, 0.29) is 0 Å². The number of nitrogens with zero attached hydrogens (tertiary/aromatic N) is 4. The molecule has 0 aliphatic heterocycles. The minimum atomic E-state index is 0.358. The zero-order valence-corrected chi connectivity index (χ0v) is 10.5. The molecule has 0 fully saturated rings. The molecule has 2 heterocycles. The smallest absolute Gasteiger partial charge is 0.194 e. The SMILES string of the molecule is CCCc1nnsc1-c1n[nH]c(C(C)C)n1. The van der Waals surface area contributed by atoms with Gasteiger partial charge in [-0.1, -0.05) is 31.7 Å². The van der Waals surface area contributed by atoms with E-state index in [0.717, 1.165) is 35.1 Å². The molecule has 0 radical (unpaired) electrons. The lowest BCUT2D eigenvalue weighted by atomic mass is 10.2. The lowest BCUT2D eigenvalue weighted by Crippen LogP contribution is -1.90. The van der Waals surface area contributed by atoms with E-state index >= 15 is 0 Å². The van der Waals surface area contributed by atoms with Crippen LogP contribution in [0.3, 0.4) is 0 Å². The van der Waals surface area contributed by atoms with E-state index in [1.807, 2.05) is 0 Å². The van der Waals surface area contributed by atoms with Gasteiger partial charge in [0.1, 0.15) is 10.7 Å². The Morgan fingerprint density at radius 2 is 2.19 bits per heavy atom. The summed E-state index contributed by atoms with van der Waals surface area (Å²) in [4.78, 5) is 5.45. The van der Waals surface area contributed by atoms with Crippen LogP contribution in [0, 0.1) is 0 Å². The summed E-state index contributed by atoms with van der Waals surface area (Å²) in [5.41, 5.74) is 1.00. The molecular formula is C10H15N5S. The second-order valence-corrected chi connectivity index (χ2v) is 4.75. The van der Waals surface area contributed by atoms with Gasteiger partial charge in [-0.25, -0.2) is 4.98 Å². The summed E-state index contributed by atoms with van der Waals surface area (Å²) >= 11 is 1.36. The quantitative estimate of drug-likeness (QED) is 0.886. The molecule has 0 atom stereocenters. The van der Waals surface area contributed by atoms with Crippen LogP contribution in [0.25, 0.3) is 10.7 Å². The van der Waals surface area contributed by atoms with Gasteiger partial charge in [0, 0.05) is 5.92 Å². The molecule has 5 nitrogen and oxygen atoms in total. The van der Waals surface area contributed by atoms with E-state index < -0.39 is 0 Å². The van der Waals surface area contributed by atoms with E-state index in [4.69, 9.17) is 0 Å². The van der Waals surface area contributed by atoms with Crippen LogP contribution >= 0.6 is 11.5 Å². The molecule has 2 rings (SSSR count). The lowest BCUT2D eigenvalue weighted by Gasteiger charge is -1.95. The van der Waals surface area contributed by atoms with Gasteiger partial charge in [-0.3, -0.25) is 5.10 Å². The van der Waals surface area contributed by atoms with Gasteiger partial charge in [0.2, 0.25) is 0 Å².